The summed E-state index contributed by atoms with van der Waals surface area (Å²) in [7, 11) is 1.32. The molecule has 1 heterocycles. The standard InChI is InChI=1S/C9H13N3O2/c1-14-9(13)7-8(10)12(5-11-7)6-3-2-4-6/h5-6H,2-4,10H2,1H3. The molecule has 0 aliphatic heterocycles. The minimum absolute atomic E-state index is 0.222. The average Bonchev–Trinajstić information content (AvgIpc) is 2.45. The first kappa shape index (κ1) is 9.05. The molecular formula is C9H13N3O2. The Kier molecular flexibility index (Phi) is 2.15. The summed E-state index contributed by atoms with van der Waals surface area (Å²) in [4.78, 5) is 15.2. The maximum Gasteiger partial charge on any atom is 0.360 e. The average molecular weight is 195 g/mol. The number of hydrogen-bond acceptors (Lipinski definition) is 4. The maximum atomic E-state index is 11.2. The number of esters is 1. The van der Waals surface area contributed by atoms with Gasteiger partial charge in [-0.2, -0.15) is 0 Å². The second-order valence-electron chi connectivity index (χ2n) is 3.46. The molecule has 0 radical (unpaired) electrons. The Morgan fingerprint density at radius 1 is 1.71 bits per heavy atom. The van der Waals surface area contributed by atoms with E-state index < -0.39 is 5.97 Å². The summed E-state index contributed by atoms with van der Waals surface area (Å²) in [5, 5.41) is 0. The molecule has 5 heteroatoms. The molecule has 2 N–H and O–H groups in total. The fourth-order valence-corrected chi connectivity index (χ4v) is 1.58. The molecule has 1 aromatic rings. The quantitative estimate of drug-likeness (QED) is 0.714. The van der Waals surface area contributed by atoms with Gasteiger partial charge >= 0.3 is 5.97 Å². The number of methoxy groups -OCH3 is 1. The summed E-state index contributed by atoms with van der Waals surface area (Å²) in [5.74, 6) is -0.0536. The maximum absolute atomic E-state index is 11.2. The first-order valence-electron chi connectivity index (χ1n) is 4.64. The minimum Gasteiger partial charge on any atom is -0.464 e. The Morgan fingerprint density at radius 3 is 2.93 bits per heavy atom. The van der Waals surface area contributed by atoms with Crippen molar-refractivity contribution in [3.8, 4) is 0 Å². The molecule has 0 saturated heterocycles. The van der Waals surface area contributed by atoms with Gasteiger partial charge in [0.2, 0.25) is 0 Å². The third-order valence-electron chi connectivity index (χ3n) is 2.68. The molecule has 0 atom stereocenters. The van der Waals surface area contributed by atoms with Gasteiger partial charge in [-0.1, -0.05) is 0 Å². The zero-order chi connectivity index (χ0) is 10.1. The van der Waals surface area contributed by atoms with E-state index in [4.69, 9.17) is 5.73 Å². The third kappa shape index (κ3) is 1.25. The normalized spacial score (nSPS) is 16.4. The van der Waals surface area contributed by atoms with Crippen molar-refractivity contribution in [3.05, 3.63) is 12.0 Å². The molecule has 5 nitrogen and oxygen atoms in total. The SMILES string of the molecule is COC(=O)c1ncn(C2CCC2)c1N. The van der Waals surface area contributed by atoms with Crippen molar-refractivity contribution in [2.45, 2.75) is 25.3 Å². The molecule has 0 spiro atoms. The van der Waals surface area contributed by atoms with Gasteiger partial charge in [-0.3, -0.25) is 0 Å². The fourth-order valence-electron chi connectivity index (χ4n) is 1.58. The largest absolute Gasteiger partial charge is 0.464 e. The van der Waals surface area contributed by atoms with Crippen molar-refractivity contribution >= 4 is 11.8 Å². The molecule has 1 aliphatic rings. The van der Waals surface area contributed by atoms with Crippen molar-refractivity contribution in [3.63, 3.8) is 0 Å². The van der Waals surface area contributed by atoms with Crippen LogP contribution in [0.5, 0.6) is 0 Å². The van der Waals surface area contributed by atoms with Gasteiger partial charge in [0.15, 0.2) is 5.69 Å². The van der Waals surface area contributed by atoms with Gasteiger partial charge in [0.25, 0.3) is 0 Å². The summed E-state index contributed by atoms with van der Waals surface area (Å²) < 4.78 is 6.42. The molecule has 0 aromatic carbocycles. The summed E-state index contributed by atoms with van der Waals surface area (Å²) in [6.45, 7) is 0. The van der Waals surface area contributed by atoms with E-state index in [9.17, 15) is 4.79 Å². The van der Waals surface area contributed by atoms with Crippen molar-refractivity contribution < 1.29 is 9.53 Å². The molecule has 1 fully saturated rings. The number of nitrogens with two attached hydrogens (primary N) is 1. The number of aromatic nitrogens is 2. The zero-order valence-electron chi connectivity index (χ0n) is 8.06. The lowest BCUT2D eigenvalue weighted by molar-refractivity contribution is 0.0596. The van der Waals surface area contributed by atoms with Crippen LogP contribution in [-0.2, 0) is 4.74 Å². The first-order valence-corrected chi connectivity index (χ1v) is 4.64. The molecule has 1 saturated carbocycles. The summed E-state index contributed by atoms with van der Waals surface area (Å²) >= 11 is 0. The fraction of sp³-hybridized carbons (Fsp3) is 0.556. The predicted octanol–water partition coefficient (Wildman–Crippen LogP) is 0.977. The molecule has 14 heavy (non-hydrogen) atoms. The molecule has 0 bridgehead atoms. The Balaban J connectivity index is 2.27. The highest BCUT2D eigenvalue weighted by molar-refractivity contribution is 5.92. The number of rotatable bonds is 2. The topological polar surface area (TPSA) is 70.1 Å². The number of nitrogen functional groups attached to an aromatic ring is 1. The van der Waals surface area contributed by atoms with Gasteiger partial charge < -0.3 is 15.0 Å². The monoisotopic (exact) mass is 195 g/mol. The molecule has 1 aliphatic carbocycles. The predicted molar refractivity (Wildman–Crippen MR) is 50.9 cm³/mol. The summed E-state index contributed by atoms with van der Waals surface area (Å²) in [5.41, 5.74) is 6.01. The van der Waals surface area contributed by atoms with E-state index in [1.54, 1.807) is 6.33 Å². The Morgan fingerprint density at radius 2 is 2.43 bits per heavy atom. The molecule has 76 valence electrons. The van der Waals surface area contributed by atoms with Crippen LogP contribution in [-0.4, -0.2) is 22.6 Å². The number of carbonyl (C=O) groups excluding carboxylic acids is 1. The van der Waals surface area contributed by atoms with Gasteiger partial charge in [-0.25, -0.2) is 9.78 Å². The highest BCUT2D eigenvalue weighted by Crippen LogP contribution is 2.33. The highest BCUT2D eigenvalue weighted by atomic mass is 16.5. The van der Waals surface area contributed by atoms with E-state index in [2.05, 4.69) is 9.72 Å². The van der Waals surface area contributed by atoms with Gasteiger partial charge in [0.1, 0.15) is 5.82 Å². The smallest absolute Gasteiger partial charge is 0.360 e. The van der Waals surface area contributed by atoms with Crippen LogP contribution in [0.25, 0.3) is 0 Å². The number of anilines is 1. The lowest BCUT2D eigenvalue weighted by Crippen LogP contribution is -2.18. The van der Waals surface area contributed by atoms with Gasteiger partial charge in [0, 0.05) is 6.04 Å². The van der Waals surface area contributed by atoms with Crippen LogP contribution < -0.4 is 5.73 Å². The van der Waals surface area contributed by atoms with Crippen LogP contribution in [0.1, 0.15) is 35.8 Å². The van der Waals surface area contributed by atoms with Crippen molar-refractivity contribution in [2.24, 2.45) is 0 Å². The van der Waals surface area contributed by atoms with E-state index >= 15 is 0 Å². The molecule has 0 amide bonds. The Labute approximate surface area is 81.9 Å². The molecule has 2 rings (SSSR count). The number of imidazole rings is 1. The first-order chi connectivity index (χ1) is 6.74. The van der Waals surface area contributed by atoms with Crippen LogP contribution in [0.4, 0.5) is 5.82 Å². The van der Waals surface area contributed by atoms with Crippen LogP contribution in [0.3, 0.4) is 0 Å². The van der Waals surface area contributed by atoms with Gasteiger partial charge in [0.05, 0.1) is 13.4 Å². The summed E-state index contributed by atoms with van der Waals surface area (Å²) in [6, 6.07) is 0.418. The van der Waals surface area contributed by atoms with E-state index in [0.717, 1.165) is 12.8 Å². The van der Waals surface area contributed by atoms with E-state index in [1.165, 1.54) is 13.5 Å². The lowest BCUT2D eigenvalue weighted by Gasteiger charge is -2.27. The minimum atomic E-state index is -0.472. The van der Waals surface area contributed by atoms with Gasteiger partial charge in [-0.05, 0) is 19.3 Å². The van der Waals surface area contributed by atoms with Crippen LogP contribution in [0.2, 0.25) is 0 Å². The van der Waals surface area contributed by atoms with Crippen LogP contribution in [0, 0.1) is 0 Å². The molecule has 1 aromatic heterocycles. The molecular weight excluding hydrogens is 182 g/mol. The van der Waals surface area contributed by atoms with E-state index in [1.807, 2.05) is 4.57 Å². The second kappa shape index (κ2) is 3.32. The van der Waals surface area contributed by atoms with Crippen LogP contribution in [0.15, 0.2) is 6.33 Å². The Hall–Kier alpha value is -1.52. The molecule has 0 unspecified atom stereocenters. The third-order valence-corrected chi connectivity index (χ3v) is 2.68. The Bertz CT molecular complexity index is 355. The van der Waals surface area contributed by atoms with Gasteiger partial charge in [-0.15, -0.1) is 0 Å². The number of nitrogens with zero attached hydrogens (tertiary/aromatic N) is 2. The summed E-state index contributed by atoms with van der Waals surface area (Å²) in [6.07, 6.45) is 5.06. The van der Waals surface area contributed by atoms with Crippen molar-refractivity contribution in [1.29, 1.82) is 0 Å². The zero-order valence-corrected chi connectivity index (χ0v) is 8.06. The second-order valence-corrected chi connectivity index (χ2v) is 3.46. The number of carbonyl (C=O) groups is 1. The highest BCUT2D eigenvalue weighted by Gasteiger charge is 2.24. The van der Waals surface area contributed by atoms with Crippen molar-refractivity contribution in [1.82, 2.24) is 9.55 Å². The number of hydrogen-bond donors (Lipinski definition) is 1. The van der Waals surface area contributed by atoms with Crippen LogP contribution >= 0.6 is 0 Å². The van der Waals surface area contributed by atoms with Crippen molar-refractivity contribution in [2.75, 3.05) is 12.8 Å². The van der Waals surface area contributed by atoms with E-state index in [-0.39, 0.29) is 5.69 Å². The lowest BCUT2D eigenvalue weighted by atomic mass is 9.93. The number of ether oxygens (including phenoxy) is 1. The van der Waals surface area contributed by atoms with E-state index in [0.29, 0.717) is 11.9 Å².